The molecule has 0 radical (unpaired) electrons. The zero-order valence-corrected chi connectivity index (χ0v) is 11.6. The van der Waals surface area contributed by atoms with Crippen LogP contribution in [-0.4, -0.2) is 15.2 Å². The van der Waals surface area contributed by atoms with Gasteiger partial charge in [0.15, 0.2) is 0 Å². The van der Waals surface area contributed by atoms with Crippen LogP contribution in [0.3, 0.4) is 0 Å². The lowest BCUT2D eigenvalue weighted by atomic mass is 10.0. The molecule has 0 N–H and O–H groups in total. The Balaban J connectivity index is 1.91. The lowest BCUT2D eigenvalue weighted by Gasteiger charge is -2.03. The van der Waals surface area contributed by atoms with Gasteiger partial charge in [-0.05, 0) is 53.0 Å². The predicted octanol–water partition coefficient (Wildman–Crippen LogP) is 3.57. The van der Waals surface area contributed by atoms with Gasteiger partial charge in [0, 0.05) is 10.6 Å². The monoisotopic (exact) mass is 303 g/mol. The van der Waals surface area contributed by atoms with Crippen LogP contribution < -0.4 is 0 Å². The van der Waals surface area contributed by atoms with Gasteiger partial charge in [-0.2, -0.15) is 0 Å². The molecule has 3 aromatic rings. The van der Waals surface area contributed by atoms with Crippen LogP contribution in [0.1, 0.15) is 11.1 Å². The maximum absolute atomic E-state index is 11.3. The molecular weight excluding hydrogens is 294 g/mol. The first-order valence-electron chi connectivity index (χ1n) is 6.28. The first-order chi connectivity index (χ1) is 10.1. The first-order valence-corrected chi connectivity index (χ1v) is 6.66. The fourth-order valence-electron chi connectivity index (χ4n) is 2.22. The van der Waals surface area contributed by atoms with Gasteiger partial charge in [0.1, 0.15) is 5.52 Å². The van der Waals surface area contributed by atoms with E-state index >= 15 is 0 Å². The van der Waals surface area contributed by atoms with Crippen LogP contribution >= 0.6 is 11.6 Å². The van der Waals surface area contributed by atoms with Gasteiger partial charge in [0.05, 0.1) is 4.92 Å². The average Bonchev–Trinajstić information content (AvgIpc) is 2.94. The summed E-state index contributed by atoms with van der Waals surface area (Å²) >= 11 is 5.83. The van der Waals surface area contributed by atoms with E-state index in [9.17, 15) is 10.1 Å². The Morgan fingerprint density at radius 1 is 1.10 bits per heavy atom. The molecule has 0 amide bonds. The molecule has 0 bridgehead atoms. The Kier molecular flexibility index (Phi) is 3.53. The van der Waals surface area contributed by atoms with Crippen molar-refractivity contribution >= 4 is 28.3 Å². The van der Waals surface area contributed by atoms with Gasteiger partial charge in [0.2, 0.25) is 5.52 Å². The second-order valence-corrected chi connectivity index (χ2v) is 5.03. The van der Waals surface area contributed by atoms with Crippen molar-refractivity contribution in [1.29, 1.82) is 0 Å². The standard InChI is InChI=1S/C14H10ClN3O3/c15-11-6-2-9(3-7-11)1-4-10-5-8-12-13(17-21-16-12)14(10)18(19)20/h2-3,5-8H,1,4H2. The van der Waals surface area contributed by atoms with Gasteiger partial charge >= 0.3 is 5.69 Å². The van der Waals surface area contributed by atoms with Crippen LogP contribution in [-0.2, 0) is 12.8 Å². The van der Waals surface area contributed by atoms with Gasteiger partial charge in [-0.15, -0.1) is 0 Å². The summed E-state index contributed by atoms with van der Waals surface area (Å²) in [6.07, 6.45) is 1.20. The third kappa shape index (κ3) is 2.71. The predicted molar refractivity (Wildman–Crippen MR) is 77.3 cm³/mol. The summed E-state index contributed by atoms with van der Waals surface area (Å²) in [5.74, 6) is 0. The maximum atomic E-state index is 11.3. The molecule has 106 valence electrons. The number of rotatable bonds is 4. The summed E-state index contributed by atoms with van der Waals surface area (Å²) in [7, 11) is 0. The fourth-order valence-corrected chi connectivity index (χ4v) is 2.34. The van der Waals surface area contributed by atoms with E-state index in [0.717, 1.165) is 5.56 Å². The van der Waals surface area contributed by atoms with Crippen molar-refractivity contribution in [2.75, 3.05) is 0 Å². The highest BCUT2D eigenvalue weighted by atomic mass is 35.5. The third-order valence-corrected chi connectivity index (χ3v) is 3.52. The quantitative estimate of drug-likeness (QED) is 0.543. The highest BCUT2D eigenvalue weighted by Crippen LogP contribution is 2.28. The number of nitrogens with zero attached hydrogens (tertiary/aromatic N) is 3. The Bertz CT molecular complexity index is 799. The number of aromatic nitrogens is 2. The molecule has 7 heteroatoms. The molecule has 0 fully saturated rings. The Morgan fingerprint density at radius 3 is 2.57 bits per heavy atom. The largest absolute Gasteiger partial charge is 0.303 e. The summed E-state index contributed by atoms with van der Waals surface area (Å²) in [5.41, 5.74) is 2.21. The third-order valence-electron chi connectivity index (χ3n) is 3.26. The van der Waals surface area contributed by atoms with Crippen LogP contribution in [0, 0.1) is 10.1 Å². The highest BCUT2D eigenvalue weighted by molar-refractivity contribution is 6.30. The second-order valence-electron chi connectivity index (χ2n) is 4.59. The van der Waals surface area contributed by atoms with E-state index in [1.807, 2.05) is 12.1 Å². The molecule has 21 heavy (non-hydrogen) atoms. The van der Waals surface area contributed by atoms with E-state index in [4.69, 9.17) is 11.6 Å². The topological polar surface area (TPSA) is 82.1 Å². The van der Waals surface area contributed by atoms with Crippen LogP contribution in [0.5, 0.6) is 0 Å². The number of nitro benzene ring substituents is 1. The van der Waals surface area contributed by atoms with Gasteiger partial charge in [-0.3, -0.25) is 10.1 Å². The molecule has 6 nitrogen and oxygen atoms in total. The average molecular weight is 304 g/mol. The van der Waals surface area contributed by atoms with Gasteiger partial charge in [0.25, 0.3) is 0 Å². The molecule has 3 rings (SSSR count). The van der Waals surface area contributed by atoms with E-state index in [2.05, 4.69) is 14.9 Å². The van der Waals surface area contributed by atoms with E-state index in [-0.39, 0.29) is 11.2 Å². The number of benzene rings is 2. The minimum Gasteiger partial charge on any atom is -0.258 e. The Hall–Kier alpha value is -2.47. The highest BCUT2D eigenvalue weighted by Gasteiger charge is 2.21. The SMILES string of the molecule is O=[N+]([O-])c1c(CCc2ccc(Cl)cc2)ccc2nonc12. The molecule has 0 aliphatic rings. The van der Waals surface area contributed by atoms with Crippen molar-refractivity contribution in [3.63, 3.8) is 0 Å². The maximum Gasteiger partial charge on any atom is 0.303 e. The van der Waals surface area contributed by atoms with E-state index in [0.29, 0.717) is 28.9 Å². The number of fused-ring (bicyclic) bond motifs is 1. The zero-order chi connectivity index (χ0) is 14.8. The second kappa shape index (κ2) is 5.49. The summed E-state index contributed by atoms with van der Waals surface area (Å²) in [4.78, 5) is 10.8. The van der Waals surface area contributed by atoms with E-state index < -0.39 is 4.92 Å². The van der Waals surface area contributed by atoms with E-state index in [1.54, 1.807) is 24.3 Å². The zero-order valence-electron chi connectivity index (χ0n) is 10.8. The molecular formula is C14H10ClN3O3. The summed E-state index contributed by atoms with van der Waals surface area (Å²) < 4.78 is 4.57. The van der Waals surface area contributed by atoms with Crippen molar-refractivity contribution < 1.29 is 9.55 Å². The van der Waals surface area contributed by atoms with Crippen molar-refractivity contribution in [1.82, 2.24) is 10.3 Å². The fraction of sp³-hybridized carbons (Fsp3) is 0.143. The molecule has 0 aliphatic heterocycles. The number of nitro groups is 1. The molecule has 2 aromatic carbocycles. The number of hydrogen-bond donors (Lipinski definition) is 0. The summed E-state index contributed by atoms with van der Waals surface area (Å²) in [6.45, 7) is 0. The molecule has 0 unspecified atom stereocenters. The first kappa shape index (κ1) is 13.5. The minimum atomic E-state index is -0.441. The number of hydrogen-bond acceptors (Lipinski definition) is 5. The van der Waals surface area contributed by atoms with Crippen LogP contribution in [0.2, 0.25) is 5.02 Å². The van der Waals surface area contributed by atoms with Crippen LogP contribution in [0.15, 0.2) is 41.0 Å². The molecule has 1 aromatic heterocycles. The molecule has 0 spiro atoms. The van der Waals surface area contributed by atoms with Crippen LogP contribution in [0.25, 0.3) is 11.0 Å². The summed E-state index contributed by atoms with van der Waals surface area (Å²) in [6, 6.07) is 10.8. The van der Waals surface area contributed by atoms with Gasteiger partial charge < -0.3 is 0 Å². The molecule has 0 aliphatic carbocycles. The normalized spacial score (nSPS) is 10.9. The summed E-state index contributed by atoms with van der Waals surface area (Å²) in [5, 5.41) is 19.2. The number of halogens is 1. The lowest BCUT2D eigenvalue weighted by Crippen LogP contribution is -1.99. The van der Waals surface area contributed by atoms with E-state index in [1.165, 1.54) is 0 Å². The van der Waals surface area contributed by atoms with Crippen molar-refractivity contribution in [3.05, 3.63) is 62.7 Å². The Morgan fingerprint density at radius 2 is 1.86 bits per heavy atom. The molecule has 0 saturated heterocycles. The lowest BCUT2D eigenvalue weighted by molar-refractivity contribution is -0.384. The van der Waals surface area contributed by atoms with Crippen molar-refractivity contribution in [2.24, 2.45) is 0 Å². The van der Waals surface area contributed by atoms with Crippen molar-refractivity contribution in [2.45, 2.75) is 12.8 Å². The Labute approximate surface area is 124 Å². The molecule has 0 saturated carbocycles. The van der Waals surface area contributed by atoms with Crippen LogP contribution in [0.4, 0.5) is 5.69 Å². The smallest absolute Gasteiger partial charge is 0.258 e. The minimum absolute atomic E-state index is 0.0392. The van der Waals surface area contributed by atoms with Crippen molar-refractivity contribution in [3.8, 4) is 0 Å². The van der Waals surface area contributed by atoms with Gasteiger partial charge in [-0.25, -0.2) is 4.63 Å². The number of aryl methyl sites for hydroxylation is 2. The molecule has 1 heterocycles. The van der Waals surface area contributed by atoms with Gasteiger partial charge in [-0.1, -0.05) is 23.7 Å². The molecule has 0 atom stereocenters.